The summed E-state index contributed by atoms with van der Waals surface area (Å²) < 4.78 is 13.1. The molecular weight excluding hydrogens is 313 g/mol. The van der Waals surface area contributed by atoms with E-state index in [4.69, 9.17) is 5.73 Å². The van der Waals surface area contributed by atoms with Crippen molar-refractivity contribution < 1.29 is 9.18 Å². The minimum absolute atomic E-state index is 0. The van der Waals surface area contributed by atoms with Gasteiger partial charge in [-0.25, -0.2) is 9.37 Å². The Balaban J connectivity index is 0.00000220. The van der Waals surface area contributed by atoms with Gasteiger partial charge in [-0.1, -0.05) is 12.1 Å². The molecule has 4 nitrogen and oxygen atoms in total. The number of rotatable bonds is 4. The number of nitrogens with zero attached hydrogens (tertiary/aromatic N) is 1. The van der Waals surface area contributed by atoms with E-state index >= 15 is 0 Å². The molecule has 0 saturated carbocycles. The fourth-order valence-electron chi connectivity index (χ4n) is 1.55. The summed E-state index contributed by atoms with van der Waals surface area (Å²) in [6.07, 6.45) is 2.26. The molecule has 114 valence electrons. The summed E-state index contributed by atoms with van der Waals surface area (Å²) >= 11 is 1.36. The zero-order chi connectivity index (χ0) is 14.8. The molecule has 0 fully saturated rings. The van der Waals surface area contributed by atoms with Crippen molar-refractivity contribution in [2.24, 2.45) is 5.73 Å². The van der Waals surface area contributed by atoms with E-state index in [-0.39, 0.29) is 24.1 Å². The molecule has 0 atom stereocenters. The molecule has 3 N–H and O–H groups in total. The lowest BCUT2D eigenvalue weighted by atomic mass is 10.1. The Morgan fingerprint density at radius 1 is 1.48 bits per heavy atom. The highest BCUT2D eigenvalue weighted by molar-refractivity contribution is 7.15. The lowest BCUT2D eigenvalue weighted by molar-refractivity contribution is -0.120. The number of halogens is 2. The molecule has 0 saturated heterocycles. The van der Waals surface area contributed by atoms with Crippen LogP contribution in [0.5, 0.6) is 0 Å². The zero-order valence-electron chi connectivity index (χ0n) is 11.7. The normalized spacial score (nSPS) is 10.9. The standard InChI is InChI=1S/C14H16FN3OS.ClH/c1-14(2,16)12(19)18-13-17-8-11(20-13)7-9-4-3-5-10(15)6-9;/h3-6,8H,7,16H2,1-2H3,(H,17,18,19);1H. The first-order chi connectivity index (χ1) is 9.34. The highest BCUT2D eigenvalue weighted by Crippen LogP contribution is 2.22. The molecule has 1 aromatic carbocycles. The number of nitrogens with two attached hydrogens (primary N) is 1. The molecule has 1 heterocycles. The second-order valence-corrected chi connectivity index (χ2v) is 6.23. The molecule has 0 spiro atoms. The fourth-order valence-corrected chi connectivity index (χ4v) is 2.40. The van der Waals surface area contributed by atoms with Crippen molar-refractivity contribution in [3.05, 3.63) is 46.7 Å². The average Bonchev–Trinajstić information content (AvgIpc) is 2.75. The number of nitrogens with one attached hydrogen (secondary N) is 1. The molecule has 0 unspecified atom stereocenters. The van der Waals surface area contributed by atoms with Gasteiger partial charge < -0.3 is 11.1 Å². The second kappa shape index (κ2) is 6.98. The Morgan fingerprint density at radius 2 is 2.19 bits per heavy atom. The van der Waals surface area contributed by atoms with Crippen LogP contribution in [-0.2, 0) is 11.2 Å². The number of thiazole rings is 1. The first-order valence-corrected chi connectivity index (χ1v) is 6.96. The molecule has 7 heteroatoms. The number of carbonyl (C=O) groups is 1. The number of hydrogen-bond acceptors (Lipinski definition) is 4. The van der Waals surface area contributed by atoms with E-state index in [2.05, 4.69) is 10.3 Å². The van der Waals surface area contributed by atoms with Crippen molar-refractivity contribution in [3.63, 3.8) is 0 Å². The summed E-state index contributed by atoms with van der Waals surface area (Å²) in [6, 6.07) is 6.42. The first kappa shape index (κ1) is 17.6. The molecule has 0 aliphatic rings. The summed E-state index contributed by atoms with van der Waals surface area (Å²) in [5.74, 6) is -0.547. The predicted molar refractivity (Wildman–Crippen MR) is 85.5 cm³/mol. The van der Waals surface area contributed by atoms with Crippen molar-refractivity contribution >= 4 is 34.8 Å². The van der Waals surface area contributed by atoms with Gasteiger partial charge >= 0.3 is 0 Å². The van der Waals surface area contributed by atoms with Gasteiger partial charge in [0.25, 0.3) is 0 Å². The summed E-state index contributed by atoms with van der Waals surface area (Å²) in [5.41, 5.74) is 5.61. The van der Waals surface area contributed by atoms with E-state index in [1.165, 1.54) is 23.5 Å². The molecule has 0 radical (unpaired) electrons. The summed E-state index contributed by atoms with van der Waals surface area (Å²) in [4.78, 5) is 16.8. The molecule has 0 aliphatic heterocycles. The predicted octanol–water partition coefficient (Wildman–Crippen LogP) is 2.97. The quantitative estimate of drug-likeness (QED) is 0.906. The Bertz CT molecular complexity index is 625. The molecule has 21 heavy (non-hydrogen) atoms. The molecule has 0 aliphatic carbocycles. The van der Waals surface area contributed by atoms with E-state index in [0.717, 1.165) is 10.4 Å². The third-order valence-electron chi connectivity index (χ3n) is 2.63. The minimum Gasteiger partial charge on any atom is -0.318 e. The molecular formula is C14H17ClFN3OS. The number of anilines is 1. The number of carbonyl (C=O) groups excluding carboxylic acids is 1. The smallest absolute Gasteiger partial charge is 0.245 e. The van der Waals surface area contributed by atoms with Crippen LogP contribution in [-0.4, -0.2) is 16.4 Å². The molecule has 2 aromatic rings. The Kier molecular flexibility index (Phi) is 5.83. The topological polar surface area (TPSA) is 68.0 Å². The van der Waals surface area contributed by atoms with E-state index < -0.39 is 5.54 Å². The Morgan fingerprint density at radius 3 is 2.81 bits per heavy atom. The van der Waals surface area contributed by atoms with Gasteiger partial charge in [0.1, 0.15) is 5.82 Å². The van der Waals surface area contributed by atoms with Crippen molar-refractivity contribution in [3.8, 4) is 0 Å². The number of hydrogen-bond donors (Lipinski definition) is 2. The van der Waals surface area contributed by atoms with Crippen molar-refractivity contribution in [1.82, 2.24) is 4.98 Å². The number of benzene rings is 1. The third kappa shape index (κ3) is 5.08. The first-order valence-electron chi connectivity index (χ1n) is 6.14. The maximum Gasteiger partial charge on any atom is 0.245 e. The lowest BCUT2D eigenvalue weighted by Gasteiger charge is -2.16. The van der Waals surface area contributed by atoms with Crippen LogP contribution in [0.4, 0.5) is 9.52 Å². The molecule has 2 rings (SSSR count). The third-order valence-corrected chi connectivity index (χ3v) is 3.54. The van der Waals surface area contributed by atoms with E-state index in [1.807, 2.05) is 6.07 Å². The minimum atomic E-state index is -0.950. The summed E-state index contributed by atoms with van der Waals surface area (Å²) in [7, 11) is 0. The molecule has 1 amide bonds. The van der Waals surface area contributed by atoms with Gasteiger partial charge in [0.15, 0.2) is 5.13 Å². The SMILES string of the molecule is CC(C)(N)C(=O)Nc1ncc(Cc2cccc(F)c2)s1.Cl. The number of amides is 1. The highest BCUT2D eigenvalue weighted by atomic mass is 35.5. The zero-order valence-corrected chi connectivity index (χ0v) is 13.4. The lowest BCUT2D eigenvalue weighted by Crippen LogP contribution is -2.45. The fraction of sp³-hybridized carbons (Fsp3) is 0.286. The Hall–Kier alpha value is -1.50. The largest absolute Gasteiger partial charge is 0.318 e. The maximum atomic E-state index is 13.1. The van der Waals surface area contributed by atoms with Gasteiger partial charge in [0.2, 0.25) is 5.91 Å². The van der Waals surface area contributed by atoms with Crippen LogP contribution in [0.3, 0.4) is 0 Å². The van der Waals surface area contributed by atoms with Crippen LogP contribution < -0.4 is 11.1 Å². The Labute approximate surface area is 133 Å². The van der Waals surface area contributed by atoms with Crippen molar-refractivity contribution in [1.29, 1.82) is 0 Å². The van der Waals surface area contributed by atoms with E-state index in [1.54, 1.807) is 26.1 Å². The van der Waals surface area contributed by atoms with Gasteiger partial charge in [-0.15, -0.1) is 23.7 Å². The van der Waals surface area contributed by atoms with Crippen LogP contribution in [0.1, 0.15) is 24.3 Å². The van der Waals surface area contributed by atoms with E-state index in [9.17, 15) is 9.18 Å². The van der Waals surface area contributed by atoms with Gasteiger partial charge in [-0.3, -0.25) is 4.79 Å². The van der Waals surface area contributed by atoms with Crippen molar-refractivity contribution in [2.45, 2.75) is 25.8 Å². The molecule has 0 bridgehead atoms. The number of aromatic nitrogens is 1. The van der Waals surface area contributed by atoms with Crippen molar-refractivity contribution in [2.75, 3.05) is 5.32 Å². The summed E-state index contributed by atoms with van der Waals surface area (Å²) in [5, 5.41) is 3.17. The highest BCUT2D eigenvalue weighted by Gasteiger charge is 2.22. The van der Waals surface area contributed by atoms with Crippen LogP contribution >= 0.6 is 23.7 Å². The van der Waals surface area contributed by atoms with Crippen LogP contribution in [0, 0.1) is 5.82 Å². The monoisotopic (exact) mass is 329 g/mol. The van der Waals surface area contributed by atoms with Crippen LogP contribution in [0.15, 0.2) is 30.5 Å². The van der Waals surface area contributed by atoms with E-state index in [0.29, 0.717) is 11.6 Å². The van der Waals surface area contributed by atoms with Crippen LogP contribution in [0.2, 0.25) is 0 Å². The van der Waals surface area contributed by atoms with Gasteiger partial charge in [0, 0.05) is 17.5 Å². The van der Waals surface area contributed by atoms with Gasteiger partial charge in [-0.2, -0.15) is 0 Å². The second-order valence-electron chi connectivity index (χ2n) is 5.11. The van der Waals surface area contributed by atoms with Crippen LogP contribution in [0.25, 0.3) is 0 Å². The summed E-state index contributed by atoms with van der Waals surface area (Å²) in [6.45, 7) is 3.26. The average molecular weight is 330 g/mol. The van der Waals surface area contributed by atoms with Gasteiger partial charge in [0.05, 0.1) is 5.54 Å². The molecule has 1 aromatic heterocycles. The van der Waals surface area contributed by atoms with Gasteiger partial charge in [-0.05, 0) is 31.5 Å². The maximum absolute atomic E-state index is 13.1.